The maximum atomic E-state index is 12.0. The van der Waals surface area contributed by atoms with Gasteiger partial charge in [-0.25, -0.2) is 0 Å². The van der Waals surface area contributed by atoms with Crippen LogP contribution in [0.1, 0.15) is 20.3 Å². The molecule has 2 rings (SSSR count). The van der Waals surface area contributed by atoms with Crippen molar-refractivity contribution >= 4 is 18.3 Å². The molecule has 106 valence electrons. The van der Waals surface area contributed by atoms with Crippen molar-refractivity contribution in [3.63, 3.8) is 0 Å². The van der Waals surface area contributed by atoms with Crippen LogP contribution in [0.2, 0.25) is 0 Å². The normalized spacial score (nSPS) is 36.6. The number of nitrogens with one attached hydrogen (secondary N) is 2. The minimum absolute atomic E-state index is 0. The first kappa shape index (κ1) is 15.7. The first-order valence-corrected chi connectivity index (χ1v) is 6.41. The molecule has 0 radical (unpaired) electrons. The summed E-state index contributed by atoms with van der Waals surface area (Å²) in [7, 11) is 0. The first-order valence-electron chi connectivity index (χ1n) is 6.41. The molecule has 1 amide bonds. The Morgan fingerprint density at radius 3 is 2.72 bits per heavy atom. The van der Waals surface area contributed by atoms with E-state index in [1.165, 1.54) is 0 Å². The second kappa shape index (κ2) is 7.28. The Labute approximate surface area is 114 Å². The molecule has 4 unspecified atom stereocenters. The summed E-state index contributed by atoms with van der Waals surface area (Å²) >= 11 is 0. The molecule has 2 aliphatic heterocycles. The molecule has 0 aromatic rings. The zero-order valence-corrected chi connectivity index (χ0v) is 11.8. The smallest absolute Gasteiger partial charge is 0.251 e. The lowest BCUT2D eigenvalue weighted by molar-refractivity contribution is -0.148. The molecule has 2 saturated heterocycles. The van der Waals surface area contributed by atoms with E-state index in [0.29, 0.717) is 31.8 Å². The predicted octanol–water partition coefficient (Wildman–Crippen LogP) is 0.326. The zero-order valence-electron chi connectivity index (χ0n) is 11.0. The molecule has 0 saturated carbocycles. The van der Waals surface area contributed by atoms with Crippen LogP contribution in [-0.2, 0) is 14.3 Å². The molecule has 0 aromatic heterocycles. The minimum atomic E-state index is -0.440. The van der Waals surface area contributed by atoms with Crippen molar-refractivity contribution < 1.29 is 14.3 Å². The van der Waals surface area contributed by atoms with E-state index < -0.39 is 6.10 Å². The summed E-state index contributed by atoms with van der Waals surface area (Å²) in [5.74, 6) is 0.455. The highest BCUT2D eigenvalue weighted by molar-refractivity contribution is 5.85. The number of rotatable bonds is 2. The Bertz CT molecular complexity index is 262. The van der Waals surface area contributed by atoms with E-state index >= 15 is 0 Å². The molecular weight excluding hydrogens is 256 g/mol. The van der Waals surface area contributed by atoms with Crippen molar-refractivity contribution in [1.82, 2.24) is 10.6 Å². The van der Waals surface area contributed by atoms with Gasteiger partial charge in [0, 0.05) is 12.1 Å². The Hall–Kier alpha value is -0.360. The third-order valence-corrected chi connectivity index (χ3v) is 3.64. The van der Waals surface area contributed by atoms with Crippen LogP contribution in [0.3, 0.4) is 0 Å². The molecule has 0 aliphatic carbocycles. The highest BCUT2D eigenvalue weighted by Crippen LogP contribution is 2.16. The number of ether oxygens (including phenoxy) is 2. The van der Waals surface area contributed by atoms with Crippen LogP contribution < -0.4 is 10.6 Å². The van der Waals surface area contributed by atoms with Crippen LogP contribution in [-0.4, -0.2) is 50.5 Å². The number of carbonyl (C=O) groups excluding carboxylic acids is 1. The summed E-state index contributed by atoms with van der Waals surface area (Å²) in [6.07, 6.45) is 0.655. The lowest BCUT2D eigenvalue weighted by Gasteiger charge is -2.37. The van der Waals surface area contributed by atoms with Crippen molar-refractivity contribution in [2.75, 3.05) is 26.4 Å². The van der Waals surface area contributed by atoms with Crippen LogP contribution in [0, 0.1) is 5.92 Å². The van der Waals surface area contributed by atoms with Crippen molar-refractivity contribution in [1.29, 1.82) is 0 Å². The molecule has 0 spiro atoms. The fourth-order valence-corrected chi connectivity index (χ4v) is 2.50. The van der Waals surface area contributed by atoms with E-state index in [-0.39, 0.29) is 24.4 Å². The van der Waals surface area contributed by atoms with Crippen LogP contribution in [0.4, 0.5) is 0 Å². The molecule has 2 fully saturated rings. The summed E-state index contributed by atoms with van der Waals surface area (Å²) in [5, 5.41) is 6.47. The highest BCUT2D eigenvalue weighted by atomic mass is 35.5. The largest absolute Gasteiger partial charge is 0.376 e. The Balaban J connectivity index is 0.00000162. The number of hydrogen-bond acceptors (Lipinski definition) is 4. The fourth-order valence-electron chi connectivity index (χ4n) is 2.50. The molecule has 6 heteroatoms. The Morgan fingerprint density at radius 2 is 2.11 bits per heavy atom. The van der Waals surface area contributed by atoms with Crippen LogP contribution in [0.25, 0.3) is 0 Å². The molecule has 4 atom stereocenters. The average Bonchev–Trinajstić information content (AvgIpc) is 2.35. The standard InChI is InChI=1S/C12H22N2O3.ClH/c1-8-3-4-13-9(2)11(8)14-12(15)10-7-16-5-6-17-10;/h8-11,13H,3-7H2,1-2H3,(H,14,15);1H. The van der Waals surface area contributed by atoms with Crippen molar-refractivity contribution in [2.45, 2.75) is 38.5 Å². The van der Waals surface area contributed by atoms with Gasteiger partial charge in [0.15, 0.2) is 6.10 Å². The number of piperidine rings is 1. The van der Waals surface area contributed by atoms with Crippen molar-refractivity contribution in [3.05, 3.63) is 0 Å². The van der Waals surface area contributed by atoms with Gasteiger partial charge in [-0.2, -0.15) is 0 Å². The van der Waals surface area contributed by atoms with Crippen LogP contribution in [0.15, 0.2) is 0 Å². The molecular formula is C12H23ClN2O3. The number of hydrogen-bond donors (Lipinski definition) is 2. The molecule has 5 nitrogen and oxygen atoms in total. The number of amides is 1. The Kier molecular flexibility index (Phi) is 6.35. The van der Waals surface area contributed by atoms with Gasteiger partial charge < -0.3 is 20.1 Å². The average molecular weight is 279 g/mol. The van der Waals surface area contributed by atoms with E-state index in [4.69, 9.17) is 9.47 Å². The second-order valence-corrected chi connectivity index (χ2v) is 4.98. The topological polar surface area (TPSA) is 59.6 Å². The quantitative estimate of drug-likeness (QED) is 0.764. The lowest BCUT2D eigenvalue weighted by atomic mass is 9.89. The minimum Gasteiger partial charge on any atom is -0.376 e. The fraction of sp³-hybridized carbons (Fsp3) is 0.917. The third-order valence-electron chi connectivity index (χ3n) is 3.64. The van der Waals surface area contributed by atoms with Gasteiger partial charge in [0.05, 0.1) is 19.8 Å². The van der Waals surface area contributed by atoms with Crippen molar-refractivity contribution in [2.24, 2.45) is 5.92 Å². The molecule has 18 heavy (non-hydrogen) atoms. The summed E-state index contributed by atoms with van der Waals surface area (Å²) in [5.41, 5.74) is 0. The molecule has 0 aromatic carbocycles. The predicted molar refractivity (Wildman–Crippen MR) is 71.0 cm³/mol. The summed E-state index contributed by atoms with van der Waals surface area (Å²) in [6, 6.07) is 0.494. The maximum absolute atomic E-state index is 12.0. The van der Waals surface area contributed by atoms with Crippen LogP contribution >= 0.6 is 12.4 Å². The second-order valence-electron chi connectivity index (χ2n) is 4.98. The number of carbonyl (C=O) groups is 1. The van der Waals surface area contributed by atoms with E-state index in [1.807, 2.05) is 0 Å². The van der Waals surface area contributed by atoms with Gasteiger partial charge in [0.2, 0.25) is 0 Å². The molecule has 0 bridgehead atoms. The lowest BCUT2D eigenvalue weighted by Crippen LogP contribution is -2.58. The van der Waals surface area contributed by atoms with Gasteiger partial charge in [0.1, 0.15) is 0 Å². The van der Waals surface area contributed by atoms with E-state index in [9.17, 15) is 4.79 Å². The summed E-state index contributed by atoms with van der Waals surface area (Å²) in [6.45, 7) is 6.78. The molecule has 2 N–H and O–H groups in total. The SMILES string of the molecule is CC1CCNC(C)C1NC(=O)C1COCCO1.Cl. The van der Waals surface area contributed by atoms with Crippen molar-refractivity contribution in [3.8, 4) is 0 Å². The Morgan fingerprint density at radius 1 is 1.33 bits per heavy atom. The van der Waals surface area contributed by atoms with Gasteiger partial charge in [-0.05, 0) is 25.8 Å². The van der Waals surface area contributed by atoms with E-state index in [1.54, 1.807) is 0 Å². The van der Waals surface area contributed by atoms with E-state index in [0.717, 1.165) is 13.0 Å². The first-order chi connectivity index (χ1) is 8.18. The van der Waals surface area contributed by atoms with E-state index in [2.05, 4.69) is 24.5 Å². The van der Waals surface area contributed by atoms with Gasteiger partial charge in [-0.3, -0.25) is 4.79 Å². The van der Waals surface area contributed by atoms with Gasteiger partial charge in [-0.15, -0.1) is 12.4 Å². The zero-order chi connectivity index (χ0) is 12.3. The maximum Gasteiger partial charge on any atom is 0.251 e. The summed E-state index contributed by atoms with van der Waals surface area (Å²) < 4.78 is 10.6. The van der Waals surface area contributed by atoms with Gasteiger partial charge in [0.25, 0.3) is 5.91 Å². The third kappa shape index (κ3) is 3.82. The molecule has 2 heterocycles. The van der Waals surface area contributed by atoms with Gasteiger partial charge in [-0.1, -0.05) is 6.92 Å². The molecule has 2 aliphatic rings. The monoisotopic (exact) mass is 278 g/mol. The van der Waals surface area contributed by atoms with Crippen LogP contribution in [0.5, 0.6) is 0 Å². The number of halogens is 1. The van der Waals surface area contributed by atoms with Gasteiger partial charge >= 0.3 is 0 Å². The summed E-state index contributed by atoms with van der Waals surface area (Å²) in [4.78, 5) is 12.0. The highest BCUT2D eigenvalue weighted by Gasteiger charge is 2.31.